The first-order valence-corrected chi connectivity index (χ1v) is 4.61. The summed E-state index contributed by atoms with van der Waals surface area (Å²) in [4.78, 5) is 11.1. The highest BCUT2D eigenvalue weighted by Gasteiger charge is 2.05. The van der Waals surface area contributed by atoms with E-state index in [1.165, 1.54) is 11.3 Å². The van der Waals surface area contributed by atoms with Crippen LogP contribution in [0.25, 0.3) is 0 Å². The predicted octanol–water partition coefficient (Wildman–Crippen LogP) is 2.54. The van der Waals surface area contributed by atoms with Crippen molar-refractivity contribution in [2.24, 2.45) is 0 Å². The molecule has 0 radical (unpaired) electrons. The Kier molecular flexibility index (Phi) is 3.19. The van der Waals surface area contributed by atoms with Gasteiger partial charge in [0.2, 0.25) is 5.83 Å². The van der Waals surface area contributed by atoms with Crippen molar-refractivity contribution in [2.75, 3.05) is 0 Å². The summed E-state index contributed by atoms with van der Waals surface area (Å²) in [6, 6.07) is 1.92. The number of hydrogen-bond acceptors (Lipinski definition) is 2. The molecule has 0 saturated heterocycles. The van der Waals surface area contributed by atoms with E-state index >= 15 is 0 Å². The van der Waals surface area contributed by atoms with Gasteiger partial charge >= 0.3 is 5.97 Å². The zero-order chi connectivity index (χ0) is 9.84. The summed E-state index contributed by atoms with van der Waals surface area (Å²) in [6.45, 7) is 1.92. The van der Waals surface area contributed by atoms with E-state index in [0.717, 1.165) is 16.5 Å². The van der Waals surface area contributed by atoms with E-state index in [2.05, 4.69) is 0 Å². The minimum absolute atomic E-state index is 0.349. The Morgan fingerprint density at radius 2 is 2.46 bits per heavy atom. The maximum Gasteiger partial charge on any atom is 0.364 e. The number of thiophene rings is 1. The van der Waals surface area contributed by atoms with Gasteiger partial charge < -0.3 is 5.11 Å². The van der Waals surface area contributed by atoms with E-state index in [1.54, 1.807) is 0 Å². The molecule has 2 nitrogen and oxygen atoms in total. The molecule has 0 aliphatic carbocycles. The average Bonchev–Trinajstić information content (AvgIpc) is 2.47. The lowest BCUT2D eigenvalue weighted by molar-refractivity contribution is -0.134. The Morgan fingerprint density at radius 1 is 1.77 bits per heavy atom. The second kappa shape index (κ2) is 4.18. The molecule has 0 bridgehead atoms. The number of aryl methyl sites for hydroxylation is 1. The largest absolute Gasteiger partial charge is 0.476 e. The van der Waals surface area contributed by atoms with Crippen LogP contribution in [0.3, 0.4) is 0 Å². The van der Waals surface area contributed by atoms with Gasteiger partial charge in [-0.25, -0.2) is 4.79 Å². The highest BCUT2D eigenvalue weighted by molar-refractivity contribution is 7.10. The zero-order valence-corrected chi connectivity index (χ0v) is 7.90. The topological polar surface area (TPSA) is 37.3 Å². The number of halogens is 1. The number of allylic oxidation sites excluding steroid dienone is 1. The zero-order valence-electron chi connectivity index (χ0n) is 7.08. The standard InChI is InChI=1S/C9H9FO2S/c1-6-4-5-13-8(6)3-2-7(10)9(11)12/h2,4-5H,3H2,1H3,(H,11,12). The fourth-order valence-corrected chi connectivity index (χ4v) is 1.75. The average molecular weight is 200 g/mol. The van der Waals surface area contributed by atoms with Gasteiger partial charge in [-0.15, -0.1) is 11.3 Å². The van der Waals surface area contributed by atoms with E-state index in [-0.39, 0.29) is 0 Å². The monoisotopic (exact) mass is 200 g/mol. The Balaban J connectivity index is 2.67. The summed E-state index contributed by atoms with van der Waals surface area (Å²) in [5.74, 6) is -2.60. The molecule has 0 atom stereocenters. The van der Waals surface area contributed by atoms with E-state index in [1.807, 2.05) is 18.4 Å². The van der Waals surface area contributed by atoms with E-state index in [9.17, 15) is 9.18 Å². The molecule has 1 aromatic rings. The van der Waals surface area contributed by atoms with E-state index in [4.69, 9.17) is 5.11 Å². The molecule has 1 heterocycles. The van der Waals surface area contributed by atoms with Crippen LogP contribution in [0.4, 0.5) is 4.39 Å². The molecule has 0 saturated carbocycles. The highest BCUT2D eigenvalue weighted by Crippen LogP contribution is 2.17. The number of carboxylic acid groups (broad SMARTS) is 1. The molecule has 1 aromatic heterocycles. The SMILES string of the molecule is Cc1ccsc1CC=C(F)C(=O)O. The molecule has 0 aliphatic rings. The van der Waals surface area contributed by atoms with Gasteiger partial charge in [-0.3, -0.25) is 0 Å². The molecule has 0 aliphatic heterocycles. The minimum Gasteiger partial charge on any atom is -0.476 e. The summed E-state index contributed by atoms with van der Waals surface area (Å²) in [5.41, 5.74) is 1.07. The van der Waals surface area contributed by atoms with Crippen LogP contribution in [0.15, 0.2) is 23.3 Å². The Hall–Kier alpha value is -1.16. The maximum absolute atomic E-state index is 12.5. The van der Waals surface area contributed by atoms with Crippen LogP contribution in [-0.2, 0) is 11.2 Å². The molecular formula is C9H9FO2S. The van der Waals surface area contributed by atoms with Gasteiger partial charge in [0.25, 0.3) is 0 Å². The molecule has 0 unspecified atom stereocenters. The van der Waals surface area contributed by atoms with Crippen molar-refractivity contribution in [3.8, 4) is 0 Å². The second-order valence-electron chi connectivity index (χ2n) is 2.59. The van der Waals surface area contributed by atoms with Crippen LogP contribution < -0.4 is 0 Å². The van der Waals surface area contributed by atoms with Crippen molar-refractivity contribution >= 4 is 17.3 Å². The van der Waals surface area contributed by atoms with Crippen LogP contribution in [-0.4, -0.2) is 11.1 Å². The summed E-state index contributed by atoms with van der Waals surface area (Å²) in [6.07, 6.45) is 1.43. The molecule has 0 spiro atoms. The first kappa shape index (κ1) is 9.92. The van der Waals surface area contributed by atoms with Crippen LogP contribution in [0.1, 0.15) is 10.4 Å². The Labute approximate surface area is 79.3 Å². The van der Waals surface area contributed by atoms with Crippen LogP contribution in [0.5, 0.6) is 0 Å². The van der Waals surface area contributed by atoms with E-state index < -0.39 is 11.8 Å². The third kappa shape index (κ3) is 2.66. The molecule has 0 aromatic carbocycles. The molecule has 0 fully saturated rings. The third-order valence-electron chi connectivity index (χ3n) is 1.64. The van der Waals surface area contributed by atoms with Crippen molar-refractivity contribution in [3.05, 3.63) is 33.8 Å². The molecule has 4 heteroatoms. The predicted molar refractivity (Wildman–Crippen MR) is 49.6 cm³/mol. The lowest BCUT2D eigenvalue weighted by Gasteiger charge is -1.92. The first-order chi connectivity index (χ1) is 6.11. The molecule has 1 rings (SSSR count). The molecule has 0 amide bonds. The first-order valence-electron chi connectivity index (χ1n) is 3.73. The normalized spacial score (nSPS) is 11.7. The van der Waals surface area contributed by atoms with Crippen LogP contribution in [0.2, 0.25) is 0 Å². The fraction of sp³-hybridized carbons (Fsp3) is 0.222. The van der Waals surface area contributed by atoms with Crippen molar-refractivity contribution in [1.82, 2.24) is 0 Å². The van der Waals surface area contributed by atoms with Crippen LogP contribution >= 0.6 is 11.3 Å². The molecule has 1 N–H and O–H groups in total. The van der Waals surface area contributed by atoms with Crippen molar-refractivity contribution < 1.29 is 14.3 Å². The minimum atomic E-state index is -1.51. The molecular weight excluding hydrogens is 191 g/mol. The quantitative estimate of drug-likeness (QED) is 0.761. The Bertz CT molecular complexity index is 341. The fourth-order valence-electron chi connectivity index (χ4n) is 0.883. The van der Waals surface area contributed by atoms with Gasteiger partial charge in [0.05, 0.1) is 0 Å². The van der Waals surface area contributed by atoms with Gasteiger partial charge in [0.1, 0.15) is 0 Å². The Morgan fingerprint density at radius 3 is 2.92 bits per heavy atom. The second-order valence-corrected chi connectivity index (χ2v) is 3.59. The van der Waals surface area contributed by atoms with Gasteiger partial charge in [0.15, 0.2) is 0 Å². The van der Waals surface area contributed by atoms with Gasteiger partial charge in [-0.2, -0.15) is 4.39 Å². The number of carboxylic acids is 1. The summed E-state index contributed by atoms with van der Waals surface area (Å²) >= 11 is 1.50. The lowest BCUT2D eigenvalue weighted by Crippen LogP contribution is -1.95. The van der Waals surface area contributed by atoms with E-state index in [0.29, 0.717) is 6.42 Å². The number of carbonyl (C=O) groups is 1. The summed E-state index contributed by atoms with van der Waals surface area (Å²) < 4.78 is 12.5. The molecule has 70 valence electrons. The van der Waals surface area contributed by atoms with Gasteiger partial charge in [-0.1, -0.05) is 0 Å². The lowest BCUT2D eigenvalue weighted by atomic mass is 10.2. The number of aliphatic carboxylic acids is 1. The van der Waals surface area contributed by atoms with Crippen molar-refractivity contribution in [1.29, 1.82) is 0 Å². The smallest absolute Gasteiger partial charge is 0.364 e. The van der Waals surface area contributed by atoms with Gasteiger partial charge in [-0.05, 0) is 30.0 Å². The number of hydrogen-bond donors (Lipinski definition) is 1. The maximum atomic E-state index is 12.5. The third-order valence-corrected chi connectivity index (χ3v) is 2.68. The summed E-state index contributed by atoms with van der Waals surface area (Å²) in [5, 5.41) is 10.1. The van der Waals surface area contributed by atoms with Crippen LogP contribution in [0, 0.1) is 6.92 Å². The number of rotatable bonds is 3. The van der Waals surface area contributed by atoms with Gasteiger partial charge in [0, 0.05) is 11.3 Å². The highest BCUT2D eigenvalue weighted by atomic mass is 32.1. The van der Waals surface area contributed by atoms with Crippen molar-refractivity contribution in [3.63, 3.8) is 0 Å². The summed E-state index contributed by atoms with van der Waals surface area (Å²) in [7, 11) is 0. The molecule has 13 heavy (non-hydrogen) atoms. The van der Waals surface area contributed by atoms with Crippen molar-refractivity contribution in [2.45, 2.75) is 13.3 Å².